The number of hydrogen-bond donors (Lipinski definition) is 1. The summed E-state index contributed by atoms with van der Waals surface area (Å²) in [6.45, 7) is 0.359. The number of aromatic nitrogens is 2. The third-order valence-electron chi connectivity index (χ3n) is 2.65. The van der Waals surface area contributed by atoms with Gasteiger partial charge in [0.2, 0.25) is 0 Å². The van der Waals surface area contributed by atoms with Crippen LogP contribution >= 0.6 is 28.1 Å². The Morgan fingerprint density at radius 2 is 2.15 bits per heavy atom. The topological polar surface area (TPSA) is 47.1 Å². The second-order valence-electron chi connectivity index (χ2n) is 3.97. The van der Waals surface area contributed by atoms with E-state index in [4.69, 9.17) is 21.7 Å². The molecule has 0 bridgehead atoms. The number of hydrogen-bond acceptors (Lipinski definition) is 4. The molecule has 2 rings (SSSR count). The standard InChI is InChI=1S/C13H12BrFN2O2S/c1-18-6-9-11(14)13(20)17-12(16-9)7-3-4-8(15)10(5-7)19-2/h3-5H,6H2,1-2H3,(H,16,17,20). The van der Waals surface area contributed by atoms with Crippen molar-refractivity contribution in [2.45, 2.75) is 6.61 Å². The van der Waals surface area contributed by atoms with Crippen LogP contribution in [0, 0.1) is 10.5 Å². The zero-order valence-corrected chi connectivity index (χ0v) is 13.3. The number of rotatable bonds is 4. The first-order valence-corrected chi connectivity index (χ1v) is 6.88. The van der Waals surface area contributed by atoms with Crippen LogP contribution in [0.25, 0.3) is 11.4 Å². The number of methoxy groups -OCH3 is 2. The van der Waals surface area contributed by atoms with Crippen molar-refractivity contribution in [3.63, 3.8) is 0 Å². The monoisotopic (exact) mass is 358 g/mol. The molecule has 7 heteroatoms. The van der Waals surface area contributed by atoms with Crippen LogP contribution in [0.3, 0.4) is 0 Å². The van der Waals surface area contributed by atoms with Crippen molar-refractivity contribution in [1.82, 2.24) is 9.97 Å². The van der Waals surface area contributed by atoms with Crippen LogP contribution in [0.15, 0.2) is 22.7 Å². The van der Waals surface area contributed by atoms with Gasteiger partial charge in [0.15, 0.2) is 11.6 Å². The van der Waals surface area contributed by atoms with Gasteiger partial charge in [-0.05, 0) is 34.1 Å². The van der Waals surface area contributed by atoms with E-state index in [1.807, 2.05) is 0 Å². The lowest BCUT2D eigenvalue weighted by molar-refractivity contribution is 0.181. The molecule has 0 radical (unpaired) electrons. The summed E-state index contributed by atoms with van der Waals surface area (Å²) in [6, 6.07) is 4.49. The molecular formula is C13H12BrFN2O2S. The molecule has 1 heterocycles. The van der Waals surface area contributed by atoms with Crippen molar-refractivity contribution in [2.24, 2.45) is 0 Å². The van der Waals surface area contributed by atoms with Gasteiger partial charge in [-0.3, -0.25) is 0 Å². The molecule has 2 aromatic rings. The highest BCUT2D eigenvalue weighted by molar-refractivity contribution is 9.10. The second-order valence-corrected chi connectivity index (χ2v) is 5.15. The summed E-state index contributed by atoms with van der Waals surface area (Å²) in [7, 11) is 3.00. The summed E-state index contributed by atoms with van der Waals surface area (Å²) < 4.78 is 24.6. The first-order valence-electron chi connectivity index (χ1n) is 5.68. The van der Waals surface area contributed by atoms with Gasteiger partial charge in [0.25, 0.3) is 0 Å². The minimum atomic E-state index is -0.427. The Kier molecular flexibility index (Phi) is 4.85. The minimum absolute atomic E-state index is 0.153. The molecule has 0 spiro atoms. The Morgan fingerprint density at radius 1 is 1.40 bits per heavy atom. The molecule has 0 amide bonds. The number of nitrogens with one attached hydrogen (secondary N) is 1. The van der Waals surface area contributed by atoms with E-state index in [2.05, 4.69) is 25.9 Å². The van der Waals surface area contributed by atoms with Crippen molar-refractivity contribution in [3.05, 3.63) is 38.8 Å². The maximum absolute atomic E-state index is 13.4. The molecule has 0 saturated carbocycles. The van der Waals surface area contributed by atoms with E-state index in [1.165, 1.54) is 13.2 Å². The lowest BCUT2D eigenvalue weighted by Gasteiger charge is -2.09. The van der Waals surface area contributed by atoms with Crippen LogP contribution in [-0.2, 0) is 11.3 Å². The largest absolute Gasteiger partial charge is 0.494 e. The van der Waals surface area contributed by atoms with Gasteiger partial charge in [-0.1, -0.05) is 12.2 Å². The summed E-state index contributed by atoms with van der Waals surface area (Å²) in [5.41, 5.74) is 1.45. The Morgan fingerprint density at radius 3 is 2.80 bits per heavy atom. The molecule has 1 N–H and O–H groups in total. The predicted molar refractivity (Wildman–Crippen MR) is 79.8 cm³/mol. The van der Waals surface area contributed by atoms with Crippen molar-refractivity contribution >= 4 is 28.1 Å². The Balaban J connectivity index is 2.55. The summed E-state index contributed by atoms with van der Waals surface area (Å²) in [5.74, 6) is 0.257. The van der Waals surface area contributed by atoms with Crippen LogP contribution < -0.4 is 4.74 Å². The van der Waals surface area contributed by atoms with E-state index in [0.717, 1.165) is 5.69 Å². The van der Waals surface area contributed by atoms with Gasteiger partial charge in [0.05, 0.1) is 23.9 Å². The molecule has 0 aliphatic carbocycles. The fourth-order valence-electron chi connectivity index (χ4n) is 1.69. The number of H-pyrrole nitrogens is 1. The lowest BCUT2D eigenvalue weighted by Crippen LogP contribution is -2.00. The number of benzene rings is 1. The van der Waals surface area contributed by atoms with E-state index >= 15 is 0 Å². The van der Waals surface area contributed by atoms with Gasteiger partial charge in [0.1, 0.15) is 10.5 Å². The molecule has 0 atom stereocenters. The summed E-state index contributed by atoms with van der Waals surface area (Å²) in [4.78, 5) is 7.38. The average molecular weight is 359 g/mol. The highest BCUT2D eigenvalue weighted by atomic mass is 79.9. The third kappa shape index (κ3) is 3.05. The molecule has 0 aliphatic rings. The molecule has 0 saturated heterocycles. The van der Waals surface area contributed by atoms with Crippen molar-refractivity contribution < 1.29 is 13.9 Å². The van der Waals surface area contributed by atoms with Crippen molar-refractivity contribution in [2.75, 3.05) is 14.2 Å². The first kappa shape index (κ1) is 15.1. The van der Waals surface area contributed by atoms with Crippen LogP contribution in [0.5, 0.6) is 5.75 Å². The number of halogens is 2. The second kappa shape index (κ2) is 6.43. The fraction of sp³-hybridized carbons (Fsp3) is 0.231. The van der Waals surface area contributed by atoms with E-state index in [1.54, 1.807) is 19.2 Å². The lowest BCUT2D eigenvalue weighted by atomic mass is 10.2. The third-order valence-corrected chi connectivity index (χ3v) is 4.06. The van der Waals surface area contributed by atoms with Gasteiger partial charge in [-0.25, -0.2) is 9.37 Å². The van der Waals surface area contributed by atoms with Crippen molar-refractivity contribution in [3.8, 4) is 17.1 Å². The minimum Gasteiger partial charge on any atom is -0.494 e. The predicted octanol–water partition coefficient (Wildman–Crippen LogP) is 3.86. The number of nitrogens with zero attached hydrogens (tertiary/aromatic N) is 1. The number of ether oxygens (including phenoxy) is 2. The quantitative estimate of drug-likeness (QED) is 0.843. The van der Waals surface area contributed by atoms with Gasteiger partial charge < -0.3 is 14.5 Å². The molecule has 4 nitrogen and oxygen atoms in total. The van der Waals surface area contributed by atoms with Crippen LogP contribution in [0.1, 0.15) is 5.69 Å². The van der Waals surface area contributed by atoms with Crippen LogP contribution in [-0.4, -0.2) is 24.2 Å². The zero-order chi connectivity index (χ0) is 14.7. The Bertz CT molecular complexity index is 691. The van der Waals surface area contributed by atoms with Gasteiger partial charge in [0, 0.05) is 12.7 Å². The zero-order valence-electron chi connectivity index (χ0n) is 10.9. The van der Waals surface area contributed by atoms with E-state index in [0.29, 0.717) is 27.1 Å². The summed E-state index contributed by atoms with van der Waals surface area (Å²) >= 11 is 8.56. The highest BCUT2D eigenvalue weighted by Crippen LogP contribution is 2.26. The first-order chi connectivity index (χ1) is 9.56. The highest BCUT2D eigenvalue weighted by Gasteiger charge is 2.10. The summed E-state index contributed by atoms with van der Waals surface area (Å²) in [5, 5.41) is 0. The summed E-state index contributed by atoms with van der Waals surface area (Å²) in [6.07, 6.45) is 0. The average Bonchev–Trinajstić information content (AvgIpc) is 2.44. The fourth-order valence-corrected chi connectivity index (χ4v) is 2.21. The molecule has 1 aromatic carbocycles. The van der Waals surface area contributed by atoms with E-state index < -0.39 is 5.82 Å². The molecule has 0 aliphatic heterocycles. The van der Waals surface area contributed by atoms with E-state index in [9.17, 15) is 4.39 Å². The maximum Gasteiger partial charge on any atom is 0.165 e. The normalized spacial score (nSPS) is 10.6. The van der Waals surface area contributed by atoms with Gasteiger partial charge >= 0.3 is 0 Å². The molecule has 0 unspecified atom stereocenters. The Labute approximate surface area is 129 Å². The SMILES string of the molecule is COCc1[nH]c(-c2ccc(F)c(OC)c2)nc(=S)c1Br. The Hall–Kier alpha value is -1.31. The molecular weight excluding hydrogens is 347 g/mol. The van der Waals surface area contributed by atoms with Crippen LogP contribution in [0.2, 0.25) is 0 Å². The van der Waals surface area contributed by atoms with E-state index in [-0.39, 0.29) is 5.75 Å². The van der Waals surface area contributed by atoms with Gasteiger partial charge in [-0.2, -0.15) is 0 Å². The molecule has 20 heavy (non-hydrogen) atoms. The molecule has 0 fully saturated rings. The smallest absolute Gasteiger partial charge is 0.165 e. The van der Waals surface area contributed by atoms with Crippen LogP contribution in [0.4, 0.5) is 4.39 Å². The van der Waals surface area contributed by atoms with Gasteiger partial charge in [-0.15, -0.1) is 0 Å². The molecule has 106 valence electrons. The number of aromatic amines is 1. The van der Waals surface area contributed by atoms with Crippen molar-refractivity contribution in [1.29, 1.82) is 0 Å². The molecule has 1 aromatic heterocycles. The maximum atomic E-state index is 13.4.